The van der Waals surface area contributed by atoms with Crippen LogP contribution in [0.25, 0.3) is 0 Å². The third kappa shape index (κ3) is 4.28. The molecular formula is C25H19F6N3O3S. The third-order valence-electron chi connectivity index (χ3n) is 6.70. The number of fused-ring (bicyclic) bond motifs is 3. The van der Waals surface area contributed by atoms with Crippen LogP contribution in [0.4, 0.5) is 26.3 Å². The summed E-state index contributed by atoms with van der Waals surface area (Å²) < 4.78 is 83.0. The Morgan fingerprint density at radius 2 is 1.71 bits per heavy atom. The summed E-state index contributed by atoms with van der Waals surface area (Å²) in [4.78, 5) is 26.1. The maximum atomic E-state index is 13.8. The Morgan fingerprint density at radius 1 is 1.00 bits per heavy atom. The van der Waals surface area contributed by atoms with Gasteiger partial charge in [0.15, 0.2) is 11.4 Å². The molecule has 13 heteroatoms. The first kappa shape index (κ1) is 26.0. The molecule has 3 aromatic rings. The first-order valence-corrected chi connectivity index (χ1v) is 12.3. The van der Waals surface area contributed by atoms with Gasteiger partial charge in [0.05, 0.1) is 11.6 Å². The zero-order chi connectivity index (χ0) is 27.6. The molecule has 0 fully saturated rings. The largest absolute Gasteiger partial charge is 0.502 e. The van der Waals surface area contributed by atoms with Crippen molar-refractivity contribution in [3.8, 4) is 5.75 Å². The Labute approximate surface area is 216 Å². The monoisotopic (exact) mass is 555 g/mol. The van der Waals surface area contributed by atoms with Gasteiger partial charge in [0.1, 0.15) is 12.7 Å². The molecule has 2 aliphatic heterocycles. The van der Waals surface area contributed by atoms with Crippen molar-refractivity contribution in [1.29, 1.82) is 0 Å². The maximum absolute atomic E-state index is 13.8. The smallest absolute Gasteiger partial charge is 0.416 e. The highest BCUT2D eigenvalue weighted by atomic mass is 32.2. The molecule has 1 amide bonds. The van der Waals surface area contributed by atoms with Gasteiger partial charge in [-0.15, -0.1) is 11.8 Å². The molecular weight excluding hydrogens is 536 g/mol. The normalized spacial score (nSPS) is 18.4. The van der Waals surface area contributed by atoms with Gasteiger partial charge in [-0.05, 0) is 35.7 Å². The van der Waals surface area contributed by atoms with Gasteiger partial charge in [-0.3, -0.25) is 19.3 Å². The lowest BCUT2D eigenvalue weighted by molar-refractivity contribution is -0.173. The van der Waals surface area contributed by atoms with E-state index in [0.717, 1.165) is 53.3 Å². The zero-order valence-electron chi connectivity index (χ0n) is 19.5. The lowest BCUT2D eigenvalue weighted by Gasteiger charge is -2.46. The fourth-order valence-electron chi connectivity index (χ4n) is 4.67. The minimum atomic E-state index is -4.83. The van der Waals surface area contributed by atoms with Crippen molar-refractivity contribution in [3.05, 3.63) is 92.9 Å². The second-order valence-corrected chi connectivity index (χ2v) is 9.95. The van der Waals surface area contributed by atoms with Crippen molar-refractivity contribution in [2.45, 2.75) is 42.0 Å². The highest BCUT2D eigenvalue weighted by Crippen LogP contribution is 2.45. The van der Waals surface area contributed by atoms with E-state index in [1.165, 1.54) is 11.1 Å². The number of alkyl halides is 6. The number of carbonyl (C=O) groups is 1. The van der Waals surface area contributed by atoms with Gasteiger partial charge < -0.3 is 10.0 Å². The third-order valence-corrected chi connectivity index (χ3v) is 7.82. The molecule has 0 spiro atoms. The van der Waals surface area contributed by atoms with Crippen LogP contribution in [-0.4, -0.2) is 39.5 Å². The van der Waals surface area contributed by atoms with Crippen LogP contribution in [0, 0.1) is 0 Å². The topological polar surface area (TPSA) is 65.8 Å². The van der Waals surface area contributed by atoms with E-state index in [9.17, 15) is 41.0 Å². The van der Waals surface area contributed by atoms with E-state index in [1.54, 1.807) is 24.3 Å². The minimum Gasteiger partial charge on any atom is -0.502 e. The summed E-state index contributed by atoms with van der Waals surface area (Å²) in [6, 6.07) is 7.79. The fraction of sp³-hybridized carbons (Fsp3) is 0.280. The number of thioether (sulfide) groups is 1. The molecule has 0 saturated heterocycles. The summed E-state index contributed by atoms with van der Waals surface area (Å²) in [6.07, 6.45) is -8.28. The molecule has 38 heavy (non-hydrogen) atoms. The van der Waals surface area contributed by atoms with Gasteiger partial charge in [-0.2, -0.15) is 26.3 Å². The number of halogens is 6. The molecule has 200 valence electrons. The van der Waals surface area contributed by atoms with E-state index >= 15 is 0 Å². The number of hydrogen-bond acceptors (Lipinski definition) is 5. The predicted molar refractivity (Wildman–Crippen MR) is 126 cm³/mol. The Balaban J connectivity index is 1.77. The van der Waals surface area contributed by atoms with Gasteiger partial charge in [-0.25, -0.2) is 0 Å². The molecule has 0 saturated carbocycles. The summed E-state index contributed by atoms with van der Waals surface area (Å²) >= 11 is 1.15. The predicted octanol–water partition coefficient (Wildman–Crippen LogP) is 5.27. The van der Waals surface area contributed by atoms with Crippen molar-refractivity contribution < 1.29 is 36.2 Å². The van der Waals surface area contributed by atoms with Gasteiger partial charge in [0.25, 0.3) is 5.91 Å². The number of amides is 1. The second-order valence-electron chi connectivity index (χ2n) is 8.94. The SMILES string of the molecule is C[C@@H](N1CN([C@@H]2c3ccccc3CSc3cc(C(F)(F)F)ccc32)n2ccc(=O)c(O)c2C1=O)C(F)(F)F. The Morgan fingerprint density at radius 3 is 2.39 bits per heavy atom. The number of pyridine rings is 1. The van der Waals surface area contributed by atoms with Crippen LogP contribution in [0.1, 0.15) is 45.7 Å². The highest BCUT2D eigenvalue weighted by Gasteiger charge is 2.47. The lowest BCUT2D eigenvalue weighted by Crippen LogP contribution is -2.60. The maximum Gasteiger partial charge on any atom is 0.416 e. The quantitative estimate of drug-likeness (QED) is 0.437. The highest BCUT2D eigenvalue weighted by molar-refractivity contribution is 7.98. The van der Waals surface area contributed by atoms with Crippen LogP contribution < -0.4 is 10.4 Å². The van der Waals surface area contributed by atoms with Crippen molar-refractivity contribution >= 4 is 17.7 Å². The number of benzene rings is 2. The molecule has 1 aromatic heterocycles. The fourth-order valence-corrected chi connectivity index (χ4v) is 5.80. The van der Waals surface area contributed by atoms with Crippen molar-refractivity contribution in [2.24, 2.45) is 0 Å². The number of aromatic nitrogens is 1. The summed E-state index contributed by atoms with van der Waals surface area (Å²) in [5.41, 5.74) is -0.814. The molecule has 2 aliphatic rings. The average molecular weight is 556 g/mol. The number of nitrogens with zero attached hydrogens (tertiary/aromatic N) is 3. The molecule has 0 bridgehead atoms. The summed E-state index contributed by atoms with van der Waals surface area (Å²) in [7, 11) is 0. The number of carbonyl (C=O) groups excluding carboxylic acids is 1. The molecule has 0 unspecified atom stereocenters. The molecule has 5 rings (SSSR count). The van der Waals surface area contributed by atoms with Crippen LogP contribution in [-0.2, 0) is 11.9 Å². The van der Waals surface area contributed by atoms with Gasteiger partial charge in [0, 0.05) is 22.9 Å². The Hall–Kier alpha value is -3.61. The van der Waals surface area contributed by atoms with Crippen LogP contribution >= 0.6 is 11.8 Å². The first-order chi connectivity index (χ1) is 17.8. The zero-order valence-corrected chi connectivity index (χ0v) is 20.4. The molecule has 0 aliphatic carbocycles. The van der Waals surface area contributed by atoms with Crippen molar-refractivity contribution in [2.75, 3.05) is 11.7 Å². The molecule has 2 atom stereocenters. The van der Waals surface area contributed by atoms with E-state index in [1.807, 2.05) is 0 Å². The first-order valence-electron chi connectivity index (χ1n) is 11.3. The lowest BCUT2D eigenvalue weighted by atomic mass is 9.93. The number of aromatic hydroxyl groups is 1. The Bertz CT molecular complexity index is 1490. The Kier molecular flexibility index (Phi) is 6.16. The standard InChI is InChI=1S/C25H19F6N3O3S/c1-13(24(26,27)28)32-12-34(33-9-8-18(35)22(36)21(33)23(32)37)20-16-5-3-2-4-14(16)11-38-19-10-15(25(29,30)31)6-7-17(19)20/h2-10,13,20,36H,11-12H2,1H3/t13-,20-/m1/s1. The average Bonchev–Trinajstić information content (AvgIpc) is 3.01. The van der Waals surface area contributed by atoms with Crippen molar-refractivity contribution in [1.82, 2.24) is 9.58 Å². The summed E-state index contributed by atoms with van der Waals surface area (Å²) in [6.45, 7) is 0.156. The summed E-state index contributed by atoms with van der Waals surface area (Å²) in [5, 5.41) is 11.8. The van der Waals surface area contributed by atoms with Gasteiger partial charge >= 0.3 is 12.4 Å². The molecule has 6 nitrogen and oxygen atoms in total. The van der Waals surface area contributed by atoms with Crippen LogP contribution in [0.2, 0.25) is 0 Å². The van der Waals surface area contributed by atoms with Crippen molar-refractivity contribution in [3.63, 3.8) is 0 Å². The van der Waals surface area contributed by atoms with E-state index in [-0.39, 0.29) is 4.90 Å². The molecule has 0 radical (unpaired) electrons. The second kappa shape index (κ2) is 9.00. The van der Waals surface area contributed by atoms with E-state index in [2.05, 4.69) is 0 Å². The molecule has 3 heterocycles. The van der Waals surface area contributed by atoms with Gasteiger partial charge in [-0.1, -0.05) is 30.3 Å². The number of rotatable bonds is 2. The van der Waals surface area contributed by atoms with E-state index in [4.69, 9.17) is 0 Å². The van der Waals surface area contributed by atoms with E-state index in [0.29, 0.717) is 21.8 Å². The van der Waals surface area contributed by atoms with Crippen LogP contribution in [0.5, 0.6) is 5.75 Å². The van der Waals surface area contributed by atoms with Crippen LogP contribution in [0.3, 0.4) is 0 Å². The molecule has 2 aromatic carbocycles. The van der Waals surface area contributed by atoms with E-state index < -0.39 is 59.4 Å². The van der Waals surface area contributed by atoms with Crippen LogP contribution in [0.15, 0.2) is 64.4 Å². The van der Waals surface area contributed by atoms with Gasteiger partial charge in [0.2, 0.25) is 5.43 Å². The number of hydrogen-bond donors (Lipinski definition) is 1. The molecule has 1 N–H and O–H groups in total. The minimum absolute atomic E-state index is 0.264. The summed E-state index contributed by atoms with van der Waals surface area (Å²) in [5.74, 6) is -1.94.